The number of aryl methyl sites for hydroxylation is 1. The lowest BCUT2D eigenvalue weighted by Gasteiger charge is -2.25. The Labute approximate surface area is 183 Å². The lowest BCUT2D eigenvalue weighted by molar-refractivity contribution is 0.339. The smallest absolute Gasteiger partial charge is 0.265 e. The third-order valence-electron chi connectivity index (χ3n) is 6.49. The third kappa shape index (κ3) is 2.84. The van der Waals surface area contributed by atoms with Crippen molar-refractivity contribution in [1.82, 2.24) is 24.1 Å². The van der Waals surface area contributed by atoms with Gasteiger partial charge in [0, 0.05) is 6.04 Å². The minimum Gasteiger partial charge on any atom is -0.293 e. The van der Waals surface area contributed by atoms with Crippen LogP contribution in [0.5, 0.6) is 0 Å². The van der Waals surface area contributed by atoms with E-state index in [0.717, 1.165) is 25.7 Å². The van der Waals surface area contributed by atoms with E-state index in [1.165, 1.54) is 18.6 Å². The van der Waals surface area contributed by atoms with Gasteiger partial charge in [-0.2, -0.15) is 0 Å². The first-order valence-electron chi connectivity index (χ1n) is 11.1. The molecule has 5 aromatic rings. The summed E-state index contributed by atoms with van der Waals surface area (Å²) in [6.07, 6.45) is 5.39. The number of nitrogens with zero attached hydrogens (tertiary/aromatic N) is 5. The lowest BCUT2D eigenvalue weighted by Crippen LogP contribution is -2.29. The van der Waals surface area contributed by atoms with Gasteiger partial charge in [0.15, 0.2) is 11.3 Å². The Kier molecular flexibility index (Phi) is 4.31. The molecule has 2 aromatic carbocycles. The molecule has 7 heteroatoms. The number of hydrogen-bond donors (Lipinski definition) is 0. The summed E-state index contributed by atoms with van der Waals surface area (Å²) in [7, 11) is 0. The number of benzene rings is 2. The van der Waals surface area contributed by atoms with Gasteiger partial charge in [-0.25, -0.2) is 19.3 Å². The molecule has 1 aliphatic rings. The molecule has 160 valence electrons. The molecule has 0 spiro atoms. The maximum atomic E-state index is 14.1. The number of aromatic nitrogens is 5. The summed E-state index contributed by atoms with van der Waals surface area (Å²) in [6.45, 7) is 1.88. The molecule has 1 saturated carbocycles. The van der Waals surface area contributed by atoms with Crippen LogP contribution in [0.2, 0.25) is 0 Å². The van der Waals surface area contributed by atoms with Crippen LogP contribution in [0.15, 0.2) is 53.3 Å². The van der Waals surface area contributed by atoms with Gasteiger partial charge in [-0.05, 0) is 50.1 Å². The van der Waals surface area contributed by atoms with Crippen molar-refractivity contribution in [3.8, 4) is 5.69 Å². The quantitative estimate of drug-likeness (QED) is 0.387. The van der Waals surface area contributed by atoms with Crippen molar-refractivity contribution in [3.05, 3.63) is 70.5 Å². The molecule has 6 rings (SSSR count). The van der Waals surface area contributed by atoms with E-state index in [4.69, 9.17) is 15.0 Å². The average molecular weight is 427 g/mol. The van der Waals surface area contributed by atoms with E-state index in [1.807, 2.05) is 35.8 Å². The van der Waals surface area contributed by atoms with Gasteiger partial charge in [-0.3, -0.25) is 13.9 Å². The van der Waals surface area contributed by atoms with E-state index < -0.39 is 0 Å². The molecule has 0 atom stereocenters. The molecule has 0 amide bonds. The molecule has 0 bridgehead atoms. The average Bonchev–Trinajstić information content (AvgIpc) is 3.11. The SMILES string of the molecule is Cc1nc2c(c(=O)n1C1CCCCC1)c1nc3ccccc3nc1n2-c1cccc(F)c1. The number of para-hydroxylation sites is 2. The molecule has 0 saturated heterocycles. The van der Waals surface area contributed by atoms with Crippen molar-refractivity contribution >= 4 is 33.2 Å². The fourth-order valence-electron chi connectivity index (χ4n) is 5.04. The van der Waals surface area contributed by atoms with E-state index in [9.17, 15) is 9.18 Å². The first-order chi connectivity index (χ1) is 15.6. The Morgan fingerprint density at radius 1 is 0.906 bits per heavy atom. The van der Waals surface area contributed by atoms with Crippen molar-refractivity contribution in [1.29, 1.82) is 0 Å². The van der Waals surface area contributed by atoms with Crippen LogP contribution >= 0.6 is 0 Å². The monoisotopic (exact) mass is 427 g/mol. The van der Waals surface area contributed by atoms with Crippen molar-refractivity contribution < 1.29 is 4.39 Å². The van der Waals surface area contributed by atoms with E-state index in [1.54, 1.807) is 16.7 Å². The normalized spacial score (nSPS) is 15.2. The fraction of sp³-hybridized carbons (Fsp3) is 0.280. The van der Waals surface area contributed by atoms with Crippen LogP contribution in [-0.2, 0) is 0 Å². The predicted octanol–water partition coefficient (Wildman–Crippen LogP) is 5.24. The van der Waals surface area contributed by atoms with Gasteiger partial charge < -0.3 is 0 Å². The zero-order valence-electron chi connectivity index (χ0n) is 17.8. The summed E-state index contributed by atoms with van der Waals surface area (Å²) in [6, 6.07) is 14.0. The zero-order chi connectivity index (χ0) is 21.8. The highest BCUT2D eigenvalue weighted by atomic mass is 19.1. The summed E-state index contributed by atoms with van der Waals surface area (Å²) in [5.74, 6) is 0.304. The maximum Gasteiger partial charge on any atom is 0.265 e. The largest absolute Gasteiger partial charge is 0.293 e. The van der Waals surface area contributed by atoms with Gasteiger partial charge >= 0.3 is 0 Å². The van der Waals surface area contributed by atoms with Gasteiger partial charge in [0.05, 0.1) is 16.7 Å². The fourth-order valence-corrected chi connectivity index (χ4v) is 5.04. The third-order valence-corrected chi connectivity index (χ3v) is 6.49. The second-order valence-corrected chi connectivity index (χ2v) is 8.52. The van der Waals surface area contributed by atoms with Crippen LogP contribution < -0.4 is 5.56 Å². The topological polar surface area (TPSA) is 65.6 Å². The van der Waals surface area contributed by atoms with Gasteiger partial charge in [0.2, 0.25) is 0 Å². The second kappa shape index (κ2) is 7.22. The minimum absolute atomic E-state index is 0.0934. The highest BCUT2D eigenvalue weighted by molar-refractivity contribution is 6.05. The Bertz CT molecular complexity index is 1560. The minimum atomic E-state index is -0.362. The summed E-state index contributed by atoms with van der Waals surface area (Å²) in [4.78, 5) is 28.4. The maximum absolute atomic E-state index is 14.1. The van der Waals surface area contributed by atoms with Gasteiger partial charge in [0.1, 0.15) is 22.5 Å². The van der Waals surface area contributed by atoms with Gasteiger partial charge in [-0.1, -0.05) is 37.5 Å². The van der Waals surface area contributed by atoms with Crippen LogP contribution in [0.1, 0.15) is 44.0 Å². The van der Waals surface area contributed by atoms with E-state index >= 15 is 0 Å². The van der Waals surface area contributed by atoms with Crippen LogP contribution in [-0.4, -0.2) is 24.1 Å². The molecule has 0 unspecified atom stereocenters. The first-order valence-corrected chi connectivity index (χ1v) is 11.1. The highest BCUT2D eigenvalue weighted by Gasteiger charge is 2.25. The van der Waals surface area contributed by atoms with Crippen LogP contribution in [0.25, 0.3) is 38.9 Å². The molecule has 32 heavy (non-hydrogen) atoms. The highest BCUT2D eigenvalue weighted by Crippen LogP contribution is 2.32. The molecule has 3 heterocycles. The molecule has 6 nitrogen and oxygen atoms in total. The molecule has 1 fully saturated rings. The molecule has 0 radical (unpaired) electrons. The molecule has 3 aromatic heterocycles. The Morgan fingerprint density at radius 3 is 2.41 bits per heavy atom. The second-order valence-electron chi connectivity index (χ2n) is 8.52. The number of fused-ring (bicyclic) bond motifs is 4. The molecule has 0 N–H and O–H groups in total. The number of halogens is 1. The molecule has 1 aliphatic carbocycles. The van der Waals surface area contributed by atoms with Crippen molar-refractivity contribution in [2.24, 2.45) is 0 Å². The lowest BCUT2D eigenvalue weighted by atomic mass is 9.95. The van der Waals surface area contributed by atoms with E-state index in [2.05, 4.69) is 0 Å². The van der Waals surface area contributed by atoms with Crippen molar-refractivity contribution in [2.75, 3.05) is 0 Å². The van der Waals surface area contributed by atoms with Crippen molar-refractivity contribution in [2.45, 2.75) is 45.1 Å². The Hall–Kier alpha value is -3.61. The van der Waals surface area contributed by atoms with Gasteiger partial charge in [0.25, 0.3) is 5.56 Å². The van der Waals surface area contributed by atoms with E-state index in [-0.39, 0.29) is 17.4 Å². The van der Waals surface area contributed by atoms with Crippen molar-refractivity contribution in [3.63, 3.8) is 0 Å². The standard InChI is InChI=1S/C25H22FN5O/c1-15-27-23-21(25(32)30(15)17-9-3-2-4-10-17)22-24(29-20-13-6-5-12-19(20)28-22)31(23)18-11-7-8-16(26)14-18/h5-8,11-14,17H,2-4,9-10H2,1H3. The zero-order valence-corrected chi connectivity index (χ0v) is 17.8. The number of hydrogen-bond acceptors (Lipinski definition) is 4. The summed E-state index contributed by atoms with van der Waals surface area (Å²) in [5.41, 5.74) is 3.38. The summed E-state index contributed by atoms with van der Waals surface area (Å²) < 4.78 is 17.7. The summed E-state index contributed by atoms with van der Waals surface area (Å²) in [5, 5.41) is 0.443. The number of rotatable bonds is 2. The van der Waals surface area contributed by atoms with E-state index in [0.29, 0.717) is 44.7 Å². The molecule has 0 aliphatic heterocycles. The molecular formula is C25H22FN5O. The van der Waals surface area contributed by atoms with Crippen LogP contribution in [0, 0.1) is 12.7 Å². The van der Waals surface area contributed by atoms with Gasteiger partial charge in [-0.15, -0.1) is 0 Å². The first kappa shape index (κ1) is 19.1. The predicted molar refractivity (Wildman–Crippen MR) is 123 cm³/mol. The van der Waals surface area contributed by atoms with Crippen LogP contribution in [0.3, 0.4) is 0 Å². The molecular weight excluding hydrogens is 405 g/mol. The summed E-state index contributed by atoms with van der Waals surface area (Å²) >= 11 is 0. The Balaban J connectivity index is 1.77. The van der Waals surface area contributed by atoms with Crippen LogP contribution in [0.4, 0.5) is 4.39 Å². The Morgan fingerprint density at radius 2 is 1.66 bits per heavy atom.